The van der Waals surface area contributed by atoms with Gasteiger partial charge < -0.3 is 18.9 Å². The van der Waals surface area contributed by atoms with Crippen molar-refractivity contribution in [1.29, 1.82) is 0 Å². The highest BCUT2D eigenvalue weighted by Crippen LogP contribution is 2.38. The second kappa shape index (κ2) is 16.0. The molecule has 0 aliphatic rings. The fraction of sp³-hybridized carbons (Fsp3) is 0.419. The Balaban J connectivity index is 1.88. The number of hydrogen-bond acceptors (Lipinski definition) is 10. The van der Waals surface area contributed by atoms with Crippen molar-refractivity contribution in [2.24, 2.45) is 0 Å². The maximum atomic E-state index is 14.3. The van der Waals surface area contributed by atoms with Gasteiger partial charge in [0.15, 0.2) is 5.13 Å². The monoisotopic (exact) mass is 660 g/mol. The molecule has 0 spiro atoms. The molecule has 0 saturated carbocycles. The Hall–Kier alpha value is -3.77. The van der Waals surface area contributed by atoms with Gasteiger partial charge in [-0.25, -0.2) is 15.2 Å². The van der Waals surface area contributed by atoms with Crippen LogP contribution in [0.2, 0.25) is 0 Å². The lowest BCUT2D eigenvalue weighted by molar-refractivity contribution is -0.149. The first-order valence-electron chi connectivity index (χ1n) is 14.5. The number of amides is 1. The van der Waals surface area contributed by atoms with Crippen molar-refractivity contribution >= 4 is 47.1 Å². The molecule has 3 aromatic rings. The van der Waals surface area contributed by atoms with Crippen molar-refractivity contribution in [2.45, 2.75) is 85.8 Å². The van der Waals surface area contributed by atoms with Crippen LogP contribution in [0.3, 0.4) is 0 Å². The topological polar surface area (TPSA) is 154 Å². The molecule has 0 aliphatic heterocycles. The maximum absolute atomic E-state index is 14.3. The number of rotatable bonds is 15. The number of carbonyl (C=O) groups is 3. The molecule has 2 aromatic carbocycles. The highest BCUT2D eigenvalue weighted by molar-refractivity contribution is 7.67. The van der Waals surface area contributed by atoms with Crippen LogP contribution in [0.25, 0.3) is 0 Å². The number of aromatic nitrogens is 1. The molecule has 0 radical (unpaired) electrons. The molecule has 14 heteroatoms. The van der Waals surface area contributed by atoms with E-state index in [2.05, 4.69) is 20.5 Å². The van der Waals surface area contributed by atoms with Gasteiger partial charge in [0.1, 0.15) is 29.3 Å². The molecular formula is C31H41N4O8PS. The van der Waals surface area contributed by atoms with Gasteiger partial charge in [-0.1, -0.05) is 0 Å². The molecule has 0 fully saturated rings. The lowest BCUT2D eigenvalue weighted by Gasteiger charge is -2.27. The lowest BCUT2D eigenvalue weighted by atomic mass is 10.2. The number of ether oxygens (including phenoxy) is 4. The Morgan fingerprint density at radius 1 is 0.756 bits per heavy atom. The van der Waals surface area contributed by atoms with Crippen LogP contribution in [-0.4, -0.2) is 53.2 Å². The number of esters is 2. The van der Waals surface area contributed by atoms with Crippen molar-refractivity contribution in [2.75, 3.05) is 5.32 Å². The van der Waals surface area contributed by atoms with Crippen LogP contribution >= 0.6 is 18.8 Å². The van der Waals surface area contributed by atoms with Crippen molar-refractivity contribution in [3.63, 3.8) is 0 Å². The molecule has 45 heavy (non-hydrogen) atoms. The van der Waals surface area contributed by atoms with Crippen LogP contribution in [0.1, 0.15) is 65.7 Å². The van der Waals surface area contributed by atoms with Gasteiger partial charge >= 0.3 is 11.9 Å². The van der Waals surface area contributed by atoms with E-state index in [1.807, 2.05) is 13.8 Å². The third-order valence-electron chi connectivity index (χ3n) is 5.76. The van der Waals surface area contributed by atoms with E-state index in [4.69, 9.17) is 18.9 Å². The molecule has 0 aliphatic carbocycles. The van der Waals surface area contributed by atoms with Gasteiger partial charge in [-0.2, -0.15) is 0 Å². The van der Waals surface area contributed by atoms with E-state index in [0.29, 0.717) is 27.9 Å². The van der Waals surface area contributed by atoms with Crippen molar-refractivity contribution in [3.8, 4) is 17.2 Å². The second-order valence-electron chi connectivity index (χ2n) is 11.0. The molecule has 1 aromatic heterocycles. The zero-order chi connectivity index (χ0) is 33.3. The van der Waals surface area contributed by atoms with E-state index in [0.717, 1.165) is 0 Å². The van der Waals surface area contributed by atoms with Gasteiger partial charge in [0.25, 0.3) is 5.91 Å². The van der Waals surface area contributed by atoms with Crippen LogP contribution in [0.15, 0.2) is 54.0 Å². The Morgan fingerprint density at radius 3 is 1.80 bits per heavy atom. The standard InChI is InChI=1S/C31H41N4O8PS/c1-18(2)40-25-15-23(28(36)33-31-32-13-14-45-31)16-26(17-25)43-24-9-11-27(12-10-24)44(39,34-21(7)29(37)41-19(3)4)35-22(8)30(38)42-20(5)6/h9-22H,1-8H3,(H,32,33,36)(H2,34,35,39)/t21-,22-/m0/s1. The number of benzene rings is 2. The molecule has 244 valence electrons. The quantitative estimate of drug-likeness (QED) is 0.137. The van der Waals surface area contributed by atoms with E-state index < -0.39 is 31.5 Å². The summed E-state index contributed by atoms with van der Waals surface area (Å²) in [6.07, 6.45) is 0.711. The molecule has 0 saturated heterocycles. The first-order valence-corrected chi connectivity index (χ1v) is 17.1. The molecule has 2 atom stereocenters. The van der Waals surface area contributed by atoms with Gasteiger partial charge in [0, 0.05) is 28.5 Å². The van der Waals surface area contributed by atoms with Crippen LogP contribution in [0.4, 0.5) is 5.13 Å². The Labute approximate surface area is 267 Å². The van der Waals surface area contributed by atoms with E-state index in [1.165, 1.54) is 25.2 Å². The van der Waals surface area contributed by atoms with E-state index in [-0.39, 0.29) is 29.5 Å². The third-order valence-corrected chi connectivity index (χ3v) is 8.98. The fourth-order valence-corrected chi connectivity index (χ4v) is 6.69. The third kappa shape index (κ3) is 11.0. The summed E-state index contributed by atoms with van der Waals surface area (Å²) in [5, 5.41) is 10.9. The van der Waals surface area contributed by atoms with Crippen LogP contribution in [0, 0.1) is 0 Å². The van der Waals surface area contributed by atoms with Crippen molar-refractivity contribution in [1.82, 2.24) is 15.2 Å². The first-order chi connectivity index (χ1) is 21.1. The molecule has 0 bridgehead atoms. The number of nitrogens with one attached hydrogen (secondary N) is 3. The fourth-order valence-electron chi connectivity index (χ4n) is 3.92. The zero-order valence-electron chi connectivity index (χ0n) is 26.7. The minimum absolute atomic E-state index is 0.149. The Kier molecular flexibility index (Phi) is 12.7. The lowest BCUT2D eigenvalue weighted by Crippen LogP contribution is -2.45. The predicted molar refractivity (Wildman–Crippen MR) is 174 cm³/mol. The first kappa shape index (κ1) is 35.7. The van der Waals surface area contributed by atoms with Crippen LogP contribution in [0.5, 0.6) is 17.2 Å². The zero-order valence-corrected chi connectivity index (χ0v) is 28.4. The molecule has 0 unspecified atom stereocenters. The SMILES string of the molecule is CC(C)OC(=O)[C@H](C)NP(=O)(N[C@@H](C)C(=O)OC(C)C)c1ccc(Oc2cc(OC(C)C)cc(C(=O)Nc3nccs3)c2)cc1. The molecule has 3 N–H and O–H groups in total. The Morgan fingerprint density at radius 2 is 1.31 bits per heavy atom. The summed E-state index contributed by atoms with van der Waals surface area (Å²) in [5.74, 6) is -0.429. The van der Waals surface area contributed by atoms with Gasteiger partial charge in [0.05, 0.1) is 18.3 Å². The van der Waals surface area contributed by atoms with Crippen molar-refractivity contribution < 1.29 is 37.9 Å². The van der Waals surface area contributed by atoms with Gasteiger partial charge in [-0.15, -0.1) is 11.3 Å². The number of nitrogens with zero attached hydrogens (tertiary/aromatic N) is 1. The smallest absolute Gasteiger partial charge is 0.323 e. The minimum atomic E-state index is -3.79. The molecule has 1 heterocycles. The molecule has 12 nitrogen and oxygen atoms in total. The summed E-state index contributed by atoms with van der Waals surface area (Å²) >= 11 is 1.30. The van der Waals surface area contributed by atoms with Crippen LogP contribution in [-0.2, 0) is 23.6 Å². The van der Waals surface area contributed by atoms with Crippen molar-refractivity contribution in [3.05, 3.63) is 59.6 Å². The average Bonchev–Trinajstić information content (AvgIpc) is 3.45. The van der Waals surface area contributed by atoms with Crippen LogP contribution < -0.4 is 30.3 Å². The highest BCUT2D eigenvalue weighted by Gasteiger charge is 2.34. The number of hydrogen-bond donors (Lipinski definition) is 3. The molecule has 1 amide bonds. The predicted octanol–water partition coefficient (Wildman–Crippen LogP) is 5.65. The summed E-state index contributed by atoms with van der Waals surface area (Å²) in [7, 11) is -3.79. The molecule has 3 rings (SSSR count). The van der Waals surface area contributed by atoms with Gasteiger partial charge in [0.2, 0.25) is 7.44 Å². The average molecular weight is 661 g/mol. The summed E-state index contributed by atoms with van der Waals surface area (Å²) < 4.78 is 36.8. The largest absolute Gasteiger partial charge is 0.491 e. The van der Waals surface area contributed by atoms with E-state index >= 15 is 0 Å². The van der Waals surface area contributed by atoms with Gasteiger partial charge in [-0.05, 0) is 91.8 Å². The molecular weight excluding hydrogens is 619 g/mol. The highest BCUT2D eigenvalue weighted by atomic mass is 32.1. The Bertz CT molecular complexity index is 1460. The second-order valence-corrected chi connectivity index (χ2v) is 14.2. The maximum Gasteiger partial charge on any atom is 0.323 e. The number of anilines is 1. The van der Waals surface area contributed by atoms with Gasteiger partial charge in [-0.3, -0.25) is 24.3 Å². The number of carbonyl (C=O) groups excluding carboxylic acids is 3. The van der Waals surface area contributed by atoms with E-state index in [1.54, 1.807) is 81.7 Å². The summed E-state index contributed by atoms with van der Waals surface area (Å²) in [5.41, 5.74) is 0.303. The van der Waals surface area contributed by atoms with E-state index in [9.17, 15) is 18.9 Å². The summed E-state index contributed by atoms with van der Waals surface area (Å²) in [6, 6.07) is 9.21. The minimum Gasteiger partial charge on any atom is -0.491 e. The number of thiazole rings is 1. The summed E-state index contributed by atoms with van der Waals surface area (Å²) in [4.78, 5) is 42.1. The summed E-state index contributed by atoms with van der Waals surface area (Å²) in [6.45, 7) is 13.7. The normalized spacial score (nSPS) is 13.0.